The second-order valence-corrected chi connectivity index (χ2v) is 6.85. The highest BCUT2D eigenvalue weighted by Crippen LogP contribution is 2.30. The summed E-state index contributed by atoms with van der Waals surface area (Å²) in [5.74, 6) is -1.75. The number of carboxylic acids is 2. The second kappa shape index (κ2) is 7.51. The van der Waals surface area contributed by atoms with Crippen molar-refractivity contribution in [1.29, 1.82) is 0 Å². The maximum Gasteiger partial charge on any atom is 0.335 e. The lowest BCUT2D eigenvalue weighted by molar-refractivity contribution is 0.0684. The van der Waals surface area contributed by atoms with Gasteiger partial charge >= 0.3 is 11.9 Å². The molecule has 2 aromatic carbocycles. The minimum absolute atomic E-state index is 0.0625. The Morgan fingerprint density at radius 2 is 1.12 bits per heavy atom. The van der Waals surface area contributed by atoms with Crippen molar-refractivity contribution >= 4 is 11.9 Å². The predicted molar refractivity (Wildman–Crippen MR) is 97.8 cm³/mol. The second-order valence-electron chi connectivity index (χ2n) is 6.85. The molecule has 0 aromatic heterocycles. The molecule has 0 amide bonds. The first-order valence-electron chi connectivity index (χ1n) is 8.44. The molecule has 0 atom stereocenters. The maximum absolute atomic E-state index is 11.6. The predicted octanol–water partition coefficient (Wildman–Crippen LogP) is 4.92. The smallest absolute Gasteiger partial charge is 0.335 e. The Hall–Kier alpha value is -2.62. The van der Waals surface area contributed by atoms with Gasteiger partial charge in [0.05, 0.1) is 11.1 Å². The van der Waals surface area contributed by atoms with Crippen LogP contribution < -0.4 is 0 Å². The molecule has 0 aliphatic rings. The van der Waals surface area contributed by atoms with E-state index in [4.69, 9.17) is 0 Å². The third kappa shape index (κ3) is 3.90. The minimum atomic E-state index is -0.936. The molecule has 0 radical (unpaired) electrons. The van der Waals surface area contributed by atoms with E-state index in [-0.39, 0.29) is 11.8 Å². The van der Waals surface area contributed by atoms with Crippen molar-refractivity contribution < 1.29 is 19.8 Å². The van der Waals surface area contributed by atoms with Gasteiger partial charge in [0.2, 0.25) is 0 Å². The van der Waals surface area contributed by atoms with E-state index in [2.05, 4.69) is 0 Å². The van der Waals surface area contributed by atoms with Gasteiger partial charge in [-0.1, -0.05) is 52.0 Å². The summed E-state index contributed by atoms with van der Waals surface area (Å²) < 4.78 is 0. The zero-order chi connectivity index (χ0) is 18.7. The standard InChI is InChI=1S/C21H24O4/c1-12(2)18-14(7-5-9-16(18)20(22)23)11-15-8-6-10-17(21(24)25)19(15)13(3)4/h5-10,12-13H,11H2,1-4H3,(H,22,23)(H,24,25). The highest BCUT2D eigenvalue weighted by molar-refractivity contribution is 5.91. The van der Waals surface area contributed by atoms with Crippen LogP contribution in [0, 0.1) is 0 Å². The molecule has 4 heteroatoms. The minimum Gasteiger partial charge on any atom is -0.478 e. The van der Waals surface area contributed by atoms with Gasteiger partial charge in [0, 0.05) is 0 Å². The largest absolute Gasteiger partial charge is 0.478 e. The van der Waals surface area contributed by atoms with Gasteiger partial charge in [0.15, 0.2) is 0 Å². The monoisotopic (exact) mass is 340 g/mol. The van der Waals surface area contributed by atoms with E-state index in [0.717, 1.165) is 22.3 Å². The first kappa shape index (κ1) is 18.7. The normalized spacial score (nSPS) is 11.1. The molecule has 4 nitrogen and oxygen atoms in total. The maximum atomic E-state index is 11.6. The fourth-order valence-corrected chi connectivity index (χ4v) is 3.48. The molecule has 25 heavy (non-hydrogen) atoms. The molecule has 0 aliphatic heterocycles. The molecular formula is C21H24O4. The van der Waals surface area contributed by atoms with E-state index in [1.54, 1.807) is 24.3 Å². The van der Waals surface area contributed by atoms with Crippen molar-refractivity contribution in [1.82, 2.24) is 0 Å². The highest BCUT2D eigenvalue weighted by atomic mass is 16.4. The van der Waals surface area contributed by atoms with Crippen LogP contribution in [0.3, 0.4) is 0 Å². The zero-order valence-corrected chi connectivity index (χ0v) is 15.0. The summed E-state index contributed by atoms with van der Waals surface area (Å²) in [4.78, 5) is 23.1. The molecule has 0 unspecified atom stereocenters. The van der Waals surface area contributed by atoms with Gasteiger partial charge in [-0.2, -0.15) is 0 Å². The molecule has 0 fully saturated rings. The third-order valence-electron chi connectivity index (χ3n) is 4.39. The highest BCUT2D eigenvalue weighted by Gasteiger charge is 2.20. The average Bonchev–Trinajstić information content (AvgIpc) is 2.53. The van der Waals surface area contributed by atoms with Gasteiger partial charge in [-0.15, -0.1) is 0 Å². The summed E-state index contributed by atoms with van der Waals surface area (Å²) in [7, 11) is 0. The van der Waals surface area contributed by atoms with Gasteiger partial charge in [0.1, 0.15) is 0 Å². The van der Waals surface area contributed by atoms with Crippen LogP contribution in [0.15, 0.2) is 36.4 Å². The van der Waals surface area contributed by atoms with Crippen molar-refractivity contribution in [2.24, 2.45) is 0 Å². The Kier molecular flexibility index (Phi) is 5.62. The number of benzene rings is 2. The van der Waals surface area contributed by atoms with Crippen molar-refractivity contribution in [3.05, 3.63) is 69.8 Å². The molecule has 132 valence electrons. The number of aromatic carboxylic acids is 2. The zero-order valence-electron chi connectivity index (χ0n) is 15.0. The molecule has 0 bridgehead atoms. The lowest BCUT2D eigenvalue weighted by Crippen LogP contribution is -2.11. The van der Waals surface area contributed by atoms with Gasteiger partial charge in [-0.05, 0) is 52.6 Å². The lowest BCUT2D eigenvalue weighted by atomic mass is 9.85. The van der Waals surface area contributed by atoms with E-state index in [1.165, 1.54) is 0 Å². The van der Waals surface area contributed by atoms with Gasteiger partial charge in [-0.25, -0.2) is 9.59 Å². The first-order chi connectivity index (χ1) is 11.7. The topological polar surface area (TPSA) is 74.6 Å². The summed E-state index contributed by atoms with van der Waals surface area (Å²) in [5, 5.41) is 19.0. The molecule has 0 aliphatic carbocycles. The third-order valence-corrected chi connectivity index (χ3v) is 4.39. The van der Waals surface area contributed by atoms with Crippen LogP contribution in [0.1, 0.15) is 82.5 Å². The Morgan fingerprint density at radius 1 is 0.760 bits per heavy atom. The number of carbonyl (C=O) groups is 2. The Morgan fingerprint density at radius 3 is 1.40 bits per heavy atom. The van der Waals surface area contributed by atoms with Crippen LogP contribution in [0.2, 0.25) is 0 Å². The van der Waals surface area contributed by atoms with E-state index in [0.29, 0.717) is 17.5 Å². The lowest BCUT2D eigenvalue weighted by Gasteiger charge is -2.19. The van der Waals surface area contributed by atoms with E-state index < -0.39 is 11.9 Å². The molecule has 2 rings (SSSR count). The van der Waals surface area contributed by atoms with Crippen molar-refractivity contribution in [3.8, 4) is 0 Å². The molecular weight excluding hydrogens is 316 g/mol. The number of hydrogen-bond acceptors (Lipinski definition) is 2. The molecule has 2 aromatic rings. The van der Waals surface area contributed by atoms with Crippen molar-refractivity contribution in [2.75, 3.05) is 0 Å². The fraction of sp³-hybridized carbons (Fsp3) is 0.333. The van der Waals surface area contributed by atoms with Crippen molar-refractivity contribution in [2.45, 2.75) is 46.0 Å². The van der Waals surface area contributed by atoms with Crippen LogP contribution in [-0.2, 0) is 6.42 Å². The van der Waals surface area contributed by atoms with Gasteiger partial charge in [0.25, 0.3) is 0 Å². The Labute approximate surface area is 148 Å². The Bertz CT molecular complexity index is 736. The number of hydrogen-bond donors (Lipinski definition) is 2. The van der Waals surface area contributed by atoms with E-state index in [9.17, 15) is 19.8 Å². The van der Waals surface area contributed by atoms with Crippen molar-refractivity contribution in [3.63, 3.8) is 0 Å². The van der Waals surface area contributed by atoms with Crippen LogP contribution in [0.5, 0.6) is 0 Å². The van der Waals surface area contributed by atoms with Gasteiger partial charge < -0.3 is 10.2 Å². The summed E-state index contributed by atoms with van der Waals surface area (Å²) in [6.45, 7) is 7.90. The van der Waals surface area contributed by atoms with Crippen LogP contribution in [0.25, 0.3) is 0 Å². The van der Waals surface area contributed by atoms with Crippen LogP contribution in [0.4, 0.5) is 0 Å². The molecule has 0 heterocycles. The average molecular weight is 340 g/mol. The number of rotatable bonds is 6. The van der Waals surface area contributed by atoms with Crippen LogP contribution in [-0.4, -0.2) is 22.2 Å². The SMILES string of the molecule is CC(C)c1c(Cc2cccc(C(=O)O)c2C(C)C)cccc1C(=O)O. The summed E-state index contributed by atoms with van der Waals surface area (Å²) in [6.07, 6.45) is 0.517. The summed E-state index contributed by atoms with van der Waals surface area (Å²) >= 11 is 0. The first-order valence-corrected chi connectivity index (χ1v) is 8.44. The summed E-state index contributed by atoms with van der Waals surface area (Å²) in [5.41, 5.74) is 4.11. The van der Waals surface area contributed by atoms with E-state index in [1.807, 2.05) is 39.8 Å². The molecule has 0 saturated carbocycles. The quantitative estimate of drug-likeness (QED) is 0.782. The van der Waals surface area contributed by atoms with Gasteiger partial charge in [-0.3, -0.25) is 0 Å². The molecule has 2 N–H and O–H groups in total. The molecule has 0 saturated heterocycles. The number of carboxylic acid groups (broad SMARTS) is 2. The molecule has 0 spiro atoms. The fourth-order valence-electron chi connectivity index (χ4n) is 3.48. The summed E-state index contributed by atoms with van der Waals surface area (Å²) in [6, 6.07) is 10.6. The Balaban J connectivity index is 2.62. The van der Waals surface area contributed by atoms with Crippen LogP contribution >= 0.6 is 0 Å². The van der Waals surface area contributed by atoms with E-state index >= 15 is 0 Å².